The van der Waals surface area contributed by atoms with E-state index in [2.05, 4.69) is 16.0 Å². The number of nitrogens with two attached hydrogens (primary N) is 1. The fourth-order valence-electron chi connectivity index (χ4n) is 2.79. The standard InChI is InChI=1S/C17H13N3O/c18-17(21)10-5-6-16-12(7-10)14(9-20-16)13-8-19-15-4-2-1-3-11(13)15/h1-9,19-20H,(H2,18,21). The largest absolute Gasteiger partial charge is 0.366 e. The lowest BCUT2D eigenvalue weighted by atomic mass is 10.0. The Kier molecular flexibility index (Phi) is 2.38. The van der Waals surface area contributed by atoms with E-state index in [9.17, 15) is 4.79 Å². The molecule has 0 fully saturated rings. The highest BCUT2D eigenvalue weighted by molar-refractivity contribution is 6.07. The number of H-pyrrole nitrogens is 2. The van der Waals surface area contributed by atoms with Gasteiger partial charge in [-0.1, -0.05) is 18.2 Å². The number of carbonyl (C=O) groups excluding carboxylic acids is 1. The van der Waals surface area contributed by atoms with Gasteiger partial charge in [0.2, 0.25) is 5.91 Å². The van der Waals surface area contributed by atoms with E-state index in [-0.39, 0.29) is 0 Å². The molecule has 2 aromatic heterocycles. The van der Waals surface area contributed by atoms with Crippen molar-refractivity contribution in [2.45, 2.75) is 0 Å². The Morgan fingerprint density at radius 2 is 1.52 bits per heavy atom. The summed E-state index contributed by atoms with van der Waals surface area (Å²) >= 11 is 0. The summed E-state index contributed by atoms with van der Waals surface area (Å²) < 4.78 is 0. The van der Waals surface area contributed by atoms with Gasteiger partial charge in [0.25, 0.3) is 0 Å². The second kappa shape index (κ2) is 4.24. The normalized spacial score (nSPS) is 11.2. The van der Waals surface area contributed by atoms with Gasteiger partial charge in [-0.25, -0.2) is 0 Å². The first kappa shape index (κ1) is 11.8. The van der Waals surface area contributed by atoms with Gasteiger partial charge in [0.15, 0.2) is 0 Å². The predicted octanol–water partition coefficient (Wildman–Crippen LogP) is 3.42. The van der Waals surface area contributed by atoms with E-state index in [0.29, 0.717) is 5.56 Å². The van der Waals surface area contributed by atoms with Crippen LogP contribution in [0.15, 0.2) is 54.9 Å². The van der Waals surface area contributed by atoms with E-state index < -0.39 is 5.91 Å². The first-order chi connectivity index (χ1) is 10.2. The van der Waals surface area contributed by atoms with Crippen molar-refractivity contribution in [1.82, 2.24) is 9.97 Å². The zero-order valence-corrected chi connectivity index (χ0v) is 11.2. The Labute approximate surface area is 120 Å². The number of primary amides is 1. The van der Waals surface area contributed by atoms with Gasteiger partial charge in [-0.05, 0) is 24.3 Å². The van der Waals surface area contributed by atoms with E-state index in [1.54, 1.807) is 6.07 Å². The molecule has 0 radical (unpaired) electrons. The van der Waals surface area contributed by atoms with Crippen molar-refractivity contribution in [3.05, 3.63) is 60.4 Å². The third-order valence-corrected chi connectivity index (χ3v) is 3.85. The lowest BCUT2D eigenvalue weighted by Gasteiger charge is -2.00. The van der Waals surface area contributed by atoms with Gasteiger partial charge in [0, 0.05) is 50.9 Å². The number of aromatic amines is 2. The van der Waals surface area contributed by atoms with Crippen LogP contribution < -0.4 is 5.73 Å². The van der Waals surface area contributed by atoms with Crippen LogP contribution in [0.3, 0.4) is 0 Å². The van der Waals surface area contributed by atoms with Gasteiger partial charge in [-0.2, -0.15) is 0 Å². The summed E-state index contributed by atoms with van der Waals surface area (Å²) in [5.41, 5.74) is 10.1. The maximum atomic E-state index is 11.4. The highest BCUT2D eigenvalue weighted by atomic mass is 16.1. The minimum atomic E-state index is -0.414. The van der Waals surface area contributed by atoms with E-state index in [0.717, 1.165) is 32.9 Å². The quantitative estimate of drug-likeness (QED) is 0.515. The maximum absolute atomic E-state index is 11.4. The zero-order chi connectivity index (χ0) is 14.4. The van der Waals surface area contributed by atoms with Crippen LogP contribution in [-0.4, -0.2) is 15.9 Å². The summed E-state index contributed by atoms with van der Waals surface area (Å²) in [6.45, 7) is 0. The fourth-order valence-corrected chi connectivity index (χ4v) is 2.79. The second-order valence-corrected chi connectivity index (χ2v) is 5.07. The molecule has 0 spiro atoms. The molecule has 4 rings (SSSR count). The van der Waals surface area contributed by atoms with E-state index in [1.165, 1.54) is 0 Å². The molecule has 4 aromatic rings. The molecule has 2 aromatic carbocycles. The Hall–Kier alpha value is -3.01. The van der Waals surface area contributed by atoms with Crippen molar-refractivity contribution in [2.75, 3.05) is 0 Å². The van der Waals surface area contributed by atoms with Gasteiger partial charge in [0.05, 0.1) is 0 Å². The number of carbonyl (C=O) groups is 1. The van der Waals surface area contributed by atoms with Gasteiger partial charge < -0.3 is 15.7 Å². The molecular formula is C17H13N3O. The van der Waals surface area contributed by atoms with Crippen LogP contribution in [0.4, 0.5) is 0 Å². The summed E-state index contributed by atoms with van der Waals surface area (Å²) in [7, 11) is 0. The van der Waals surface area contributed by atoms with Gasteiger partial charge >= 0.3 is 0 Å². The number of hydrogen-bond acceptors (Lipinski definition) is 1. The summed E-state index contributed by atoms with van der Waals surface area (Å²) in [6, 6.07) is 13.6. The van der Waals surface area contributed by atoms with Crippen LogP contribution in [-0.2, 0) is 0 Å². The third-order valence-electron chi connectivity index (χ3n) is 3.85. The Morgan fingerprint density at radius 3 is 2.29 bits per heavy atom. The van der Waals surface area contributed by atoms with Crippen molar-refractivity contribution in [3.8, 4) is 11.1 Å². The third kappa shape index (κ3) is 1.73. The molecule has 0 bridgehead atoms. The number of amides is 1. The number of fused-ring (bicyclic) bond motifs is 2. The van der Waals surface area contributed by atoms with Crippen LogP contribution in [0, 0.1) is 0 Å². The molecular weight excluding hydrogens is 262 g/mol. The van der Waals surface area contributed by atoms with Crippen LogP contribution in [0.5, 0.6) is 0 Å². The molecule has 2 heterocycles. The number of rotatable bonds is 2. The number of para-hydroxylation sites is 1. The van der Waals surface area contributed by atoms with Crippen molar-refractivity contribution in [1.29, 1.82) is 0 Å². The fraction of sp³-hybridized carbons (Fsp3) is 0. The molecule has 4 N–H and O–H groups in total. The molecule has 0 atom stereocenters. The smallest absolute Gasteiger partial charge is 0.248 e. The Bertz CT molecular complexity index is 978. The molecule has 0 saturated carbocycles. The lowest BCUT2D eigenvalue weighted by Crippen LogP contribution is -2.10. The summed E-state index contributed by atoms with van der Waals surface area (Å²) in [5.74, 6) is -0.414. The first-order valence-corrected chi connectivity index (χ1v) is 6.71. The highest BCUT2D eigenvalue weighted by Gasteiger charge is 2.12. The van der Waals surface area contributed by atoms with Gasteiger partial charge in [0.1, 0.15) is 0 Å². The van der Waals surface area contributed by atoms with E-state index >= 15 is 0 Å². The van der Waals surface area contributed by atoms with E-state index in [1.807, 2.05) is 42.7 Å². The summed E-state index contributed by atoms with van der Waals surface area (Å²) in [6.07, 6.45) is 3.95. The number of aromatic nitrogens is 2. The molecule has 0 aliphatic heterocycles. The average Bonchev–Trinajstić information content (AvgIpc) is 3.09. The molecule has 0 aliphatic carbocycles. The predicted molar refractivity (Wildman–Crippen MR) is 84.1 cm³/mol. The summed E-state index contributed by atoms with van der Waals surface area (Å²) in [5, 5.41) is 2.15. The first-order valence-electron chi connectivity index (χ1n) is 6.71. The van der Waals surface area contributed by atoms with Gasteiger partial charge in [-0.15, -0.1) is 0 Å². The molecule has 4 heteroatoms. The Balaban J connectivity index is 2.02. The van der Waals surface area contributed by atoms with E-state index in [4.69, 9.17) is 5.73 Å². The van der Waals surface area contributed by atoms with Crippen molar-refractivity contribution < 1.29 is 4.79 Å². The molecule has 4 nitrogen and oxygen atoms in total. The van der Waals surface area contributed by atoms with Crippen LogP contribution >= 0.6 is 0 Å². The van der Waals surface area contributed by atoms with Crippen molar-refractivity contribution >= 4 is 27.7 Å². The minimum absolute atomic E-state index is 0.414. The Morgan fingerprint density at radius 1 is 0.857 bits per heavy atom. The summed E-state index contributed by atoms with van der Waals surface area (Å²) in [4.78, 5) is 17.9. The number of nitrogens with one attached hydrogen (secondary N) is 2. The van der Waals surface area contributed by atoms with Crippen LogP contribution in [0.25, 0.3) is 32.9 Å². The number of hydrogen-bond donors (Lipinski definition) is 3. The topological polar surface area (TPSA) is 74.7 Å². The SMILES string of the molecule is NC(=O)c1ccc2[nH]cc(-c3c[nH]c4ccccc34)c2c1. The zero-order valence-electron chi connectivity index (χ0n) is 11.2. The molecule has 0 unspecified atom stereocenters. The molecule has 0 saturated heterocycles. The molecule has 21 heavy (non-hydrogen) atoms. The lowest BCUT2D eigenvalue weighted by molar-refractivity contribution is 0.100. The molecule has 0 aliphatic rings. The second-order valence-electron chi connectivity index (χ2n) is 5.07. The maximum Gasteiger partial charge on any atom is 0.248 e. The molecule has 102 valence electrons. The minimum Gasteiger partial charge on any atom is -0.366 e. The highest BCUT2D eigenvalue weighted by Crippen LogP contribution is 2.34. The van der Waals surface area contributed by atoms with Crippen molar-refractivity contribution in [3.63, 3.8) is 0 Å². The van der Waals surface area contributed by atoms with Crippen molar-refractivity contribution in [2.24, 2.45) is 5.73 Å². The van der Waals surface area contributed by atoms with Crippen LogP contribution in [0.1, 0.15) is 10.4 Å². The number of benzene rings is 2. The van der Waals surface area contributed by atoms with Crippen LogP contribution in [0.2, 0.25) is 0 Å². The van der Waals surface area contributed by atoms with Gasteiger partial charge in [-0.3, -0.25) is 4.79 Å². The molecule has 1 amide bonds. The monoisotopic (exact) mass is 275 g/mol. The average molecular weight is 275 g/mol.